The molecule has 2 aromatic carbocycles. The first-order chi connectivity index (χ1) is 11.8. The van der Waals surface area contributed by atoms with Gasteiger partial charge in [0.2, 0.25) is 5.71 Å². The van der Waals surface area contributed by atoms with E-state index >= 15 is 0 Å². The molecule has 0 bridgehead atoms. The molecule has 0 unspecified atom stereocenters. The van der Waals surface area contributed by atoms with Gasteiger partial charge in [0, 0.05) is 6.54 Å². The molecule has 3 aromatic rings. The molecule has 3 rings (SSSR count). The average Bonchev–Trinajstić information content (AvgIpc) is 3.04. The number of hydrogen-bond acceptors (Lipinski definition) is 5. The van der Waals surface area contributed by atoms with E-state index in [9.17, 15) is 0 Å². The highest BCUT2D eigenvalue weighted by Crippen LogP contribution is 2.18. The molecule has 1 aromatic heterocycles. The lowest BCUT2D eigenvalue weighted by atomic mass is 10.1. The Labute approximate surface area is 139 Å². The summed E-state index contributed by atoms with van der Waals surface area (Å²) in [5, 5.41) is 21.1. The van der Waals surface area contributed by atoms with Gasteiger partial charge < -0.3 is 4.57 Å². The quantitative estimate of drug-likeness (QED) is 0.579. The molecule has 6 heteroatoms. The SMILES string of the molecule is N#CC(C#N)=NNc1ccc2c(c1)ncn2CCc1ccccc1. The van der Waals surface area contributed by atoms with Crippen LogP contribution in [0.15, 0.2) is 60.0 Å². The van der Waals surface area contributed by atoms with Gasteiger partial charge in [0.25, 0.3) is 0 Å². The molecule has 116 valence electrons. The highest BCUT2D eigenvalue weighted by atomic mass is 15.3. The Bertz CT molecular complexity index is 941. The van der Waals surface area contributed by atoms with Crippen LogP contribution < -0.4 is 5.43 Å². The number of aromatic nitrogens is 2. The van der Waals surface area contributed by atoms with Crippen LogP contribution >= 0.6 is 0 Å². The van der Waals surface area contributed by atoms with Crippen LogP contribution in [0, 0.1) is 22.7 Å². The number of aryl methyl sites for hydroxylation is 2. The van der Waals surface area contributed by atoms with Crippen molar-refractivity contribution in [3.8, 4) is 12.1 Å². The van der Waals surface area contributed by atoms with Crippen molar-refractivity contribution in [1.29, 1.82) is 10.5 Å². The van der Waals surface area contributed by atoms with Crippen LogP contribution in [-0.4, -0.2) is 15.3 Å². The standard InChI is InChI=1S/C18H14N6/c19-11-16(12-20)23-22-15-6-7-18-17(10-15)21-13-24(18)9-8-14-4-2-1-3-5-14/h1-7,10,13,22H,8-9H2. The molecule has 0 saturated heterocycles. The summed E-state index contributed by atoms with van der Waals surface area (Å²) in [6.07, 6.45) is 2.75. The predicted molar refractivity (Wildman–Crippen MR) is 92.2 cm³/mol. The van der Waals surface area contributed by atoms with Crippen molar-refractivity contribution in [3.05, 3.63) is 60.4 Å². The van der Waals surface area contributed by atoms with E-state index < -0.39 is 0 Å². The molecular formula is C18H14N6. The molecule has 0 spiro atoms. The predicted octanol–water partition coefficient (Wildman–Crippen LogP) is 3.09. The molecule has 0 radical (unpaired) electrons. The van der Waals surface area contributed by atoms with Crippen LogP contribution in [0.3, 0.4) is 0 Å². The minimum Gasteiger partial charge on any atom is -0.330 e. The summed E-state index contributed by atoms with van der Waals surface area (Å²) >= 11 is 0. The Hall–Kier alpha value is -3.64. The third-order valence-corrected chi connectivity index (χ3v) is 3.61. The van der Waals surface area contributed by atoms with Crippen molar-refractivity contribution in [3.63, 3.8) is 0 Å². The molecule has 0 atom stereocenters. The van der Waals surface area contributed by atoms with Gasteiger partial charge in [0.1, 0.15) is 12.1 Å². The van der Waals surface area contributed by atoms with Crippen LogP contribution in [0.5, 0.6) is 0 Å². The summed E-state index contributed by atoms with van der Waals surface area (Å²) in [7, 11) is 0. The van der Waals surface area contributed by atoms with Gasteiger partial charge >= 0.3 is 0 Å². The fourth-order valence-electron chi connectivity index (χ4n) is 2.40. The third kappa shape index (κ3) is 3.40. The van der Waals surface area contributed by atoms with Crippen LogP contribution in [0.25, 0.3) is 11.0 Å². The Morgan fingerprint density at radius 2 is 1.92 bits per heavy atom. The van der Waals surface area contributed by atoms with E-state index in [1.165, 1.54) is 5.56 Å². The molecule has 1 heterocycles. The number of imidazole rings is 1. The topological polar surface area (TPSA) is 89.8 Å². The Kier molecular flexibility index (Phi) is 4.50. The van der Waals surface area contributed by atoms with Crippen LogP contribution in [0.4, 0.5) is 5.69 Å². The number of anilines is 1. The van der Waals surface area contributed by atoms with E-state index in [1.807, 2.05) is 42.7 Å². The highest BCUT2D eigenvalue weighted by molar-refractivity contribution is 6.10. The molecular weight excluding hydrogens is 300 g/mol. The summed E-state index contributed by atoms with van der Waals surface area (Å²) in [5.74, 6) is 0. The number of fused-ring (bicyclic) bond motifs is 1. The molecule has 6 nitrogen and oxygen atoms in total. The maximum atomic E-state index is 8.67. The number of hydrazone groups is 1. The number of nitrogens with zero attached hydrogens (tertiary/aromatic N) is 5. The number of benzene rings is 2. The van der Waals surface area contributed by atoms with Gasteiger partial charge in [-0.05, 0) is 30.2 Å². The monoisotopic (exact) mass is 314 g/mol. The normalized spacial score (nSPS) is 9.92. The minimum absolute atomic E-state index is 0.219. The van der Waals surface area contributed by atoms with Gasteiger partial charge in [0.15, 0.2) is 0 Å². The van der Waals surface area contributed by atoms with Crippen molar-refractivity contribution in [2.45, 2.75) is 13.0 Å². The van der Waals surface area contributed by atoms with E-state index in [0.29, 0.717) is 5.69 Å². The van der Waals surface area contributed by atoms with Crippen molar-refractivity contribution >= 4 is 22.4 Å². The second-order valence-electron chi connectivity index (χ2n) is 5.17. The second kappa shape index (κ2) is 7.08. The van der Waals surface area contributed by atoms with E-state index in [2.05, 4.69) is 32.2 Å². The van der Waals surface area contributed by atoms with E-state index in [1.54, 1.807) is 12.1 Å². The third-order valence-electron chi connectivity index (χ3n) is 3.61. The molecule has 1 N–H and O–H groups in total. The second-order valence-corrected chi connectivity index (χ2v) is 5.17. The molecule has 0 aliphatic carbocycles. The average molecular weight is 314 g/mol. The van der Waals surface area contributed by atoms with Crippen molar-refractivity contribution in [2.24, 2.45) is 5.10 Å². The van der Waals surface area contributed by atoms with Crippen molar-refractivity contribution < 1.29 is 0 Å². The number of hydrogen-bond donors (Lipinski definition) is 1. The zero-order chi connectivity index (χ0) is 16.8. The number of nitriles is 2. The van der Waals surface area contributed by atoms with Gasteiger partial charge in [-0.3, -0.25) is 5.43 Å². The summed E-state index contributed by atoms with van der Waals surface area (Å²) in [6, 6.07) is 19.3. The van der Waals surface area contributed by atoms with Gasteiger partial charge in [-0.2, -0.15) is 15.6 Å². The molecule has 0 aliphatic rings. The molecule has 0 aliphatic heterocycles. The summed E-state index contributed by atoms with van der Waals surface area (Å²) in [4.78, 5) is 4.40. The Morgan fingerprint density at radius 3 is 2.67 bits per heavy atom. The summed E-state index contributed by atoms with van der Waals surface area (Å²) in [6.45, 7) is 0.846. The van der Waals surface area contributed by atoms with Crippen LogP contribution in [-0.2, 0) is 13.0 Å². The van der Waals surface area contributed by atoms with Crippen LogP contribution in [0.1, 0.15) is 5.56 Å². The first kappa shape index (κ1) is 15.3. The Morgan fingerprint density at radius 1 is 1.12 bits per heavy atom. The zero-order valence-electron chi connectivity index (χ0n) is 12.8. The highest BCUT2D eigenvalue weighted by Gasteiger charge is 2.04. The largest absolute Gasteiger partial charge is 0.330 e. The van der Waals surface area contributed by atoms with Gasteiger partial charge in [-0.25, -0.2) is 4.98 Å². The first-order valence-corrected chi connectivity index (χ1v) is 7.43. The fraction of sp³-hybridized carbons (Fsp3) is 0.111. The van der Waals surface area contributed by atoms with Crippen molar-refractivity contribution in [2.75, 3.05) is 5.43 Å². The lowest BCUT2D eigenvalue weighted by Crippen LogP contribution is -2.00. The Balaban J connectivity index is 1.75. The lowest BCUT2D eigenvalue weighted by molar-refractivity contribution is 0.716. The lowest BCUT2D eigenvalue weighted by Gasteiger charge is -2.05. The van der Waals surface area contributed by atoms with Gasteiger partial charge in [-0.15, -0.1) is 0 Å². The summed E-state index contributed by atoms with van der Waals surface area (Å²) in [5.41, 5.74) is 6.31. The molecule has 0 saturated carbocycles. The van der Waals surface area contributed by atoms with Crippen LogP contribution in [0.2, 0.25) is 0 Å². The molecule has 0 fully saturated rings. The summed E-state index contributed by atoms with van der Waals surface area (Å²) < 4.78 is 2.10. The van der Waals surface area contributed by atoms with Gasteiger partial charge in [-0.1, -0.05) is 30.3 Å². The maximum Gasteiger partial charge on any atom is 0.237 e. The number of rotatable bonds is 5. The molecule has 24 heavy (non-hydrogen) atoms. The maximum absolute atomic E-state index is 8.67. The number of nitrogens with one attached hydrogen (secondary N) is 1. The van der Waals surface area contributed by atoms with E-state index in [4.69, 9.17) is 10.5 Å². The zero-order valence-corrected chi connectivity index (χ0v) is 12.8. The van der Waals surface area contributed by atoms with Crippen molar-refractivity contribution in [1.82, 2.24) is 9.55 Å². The van der Waals surface area contributed by atoms with E-state index in [0.717, 1.165) is 24.0 Å². The fourth-order valence-corrected chi connectivity index (χ4v) is 2.40. The smallest absolute Gasteiger partial charge is 0.237 e. The van der Waals surface area contributed by atoms with E-state index in [-0.39, 0.29) is 5.71 Å². The molecule has 0 amide bonds. The first-order valence-electron chi connectivity index (χ1n) is 7.43. The van der Waals surface area contributed by atoms with Gasteiger partial charge in [0.05, 0.1) is 23.0 Å². The minimum atomic E-state index is -0.219.